The molecule has 2 atom stereocenters. The Morgan fingerprint density at radius 1 is 1.20 bits per heavy atom. The Kier molecular flexibility index (Phi) is 5.62. The van der Waals surface area contributed by atoms with E-state index in [0.29, 0.717) is 12.1 Å². The average molecular weight is 274 g/mol. The molecule has 2 heteroatoms. The van der Waals surface area contributed by atoms with E-state index in [1.54, 1.807) is 0 Å². The number of nitrogens with one attached hydrogen (secondary N) is 1. The molecule has 0 aromatic heterocycles. The zero-order chi connectivity index (χ0) is 14.5. The van der Waals surface area contributed by atoms with Crippen molar-refractivity contribution in [2.24, 2.45) is 5.92 Å². The summed E-state index contributed by atoms with van der Waals surface area (Å²) in [5, 5.41) is 3.43. The molecule has 2 unspecified atom stereocenters. The fourth-order valence-corrected chi connectivity index (χ4v) is 3.21. The first-order valence-electron chi connectivity index (χ1n) is 8.10. The van der Waals surface area contributed by atoms with E-state index in [2.05, 4.69) is 62.3 Å². The molecule has 20 heavy (non-hydrogen) atoms. The Balaban J connectivity index is 1.99. The molecule has 1 saturated heterocycles. The summed E-state index contributed by atoms with van der Waals surface area (Å²) >= 11 is 0. The van der Waals surface area contributed by atoms with Gasteiger partial charge in [0.2, 0.25) is 0 Å². The van der Waals surface area contributed by atoms with Gasteiger partial charge in [0.25, 0.3) is 0 Å². The molecule has 0 saturated carbocycles. The molecule has 2 rings (SSSR count). The first-order chi connectivity index (χ1) is 9.60. The predicted octanol–water partition coefficient (Wildman–Crippen LogP) is 3.63. The second-order valence-corrected chi connectivity index (χ2v) is 6.64. The Bertz CT molecular complexity index is 396. The van der Waals surface area contributed by atoms with Crippen molar-refractivity contribution in [2.45, 2.75) is 52.1 Å². The third kappa shape index (κ3) is 4.07. The van der Waals surface area contributed by atoms with E-state index in [-0.39, 0.29) is 0 Å². The molecule has 0 amide bonds. The van der Waals surface area contributed by atoms with Crippen LogP contribution in [0, 0.1) is 5.92 Å². The maximum atomic E-state index is 3.43. The molecule has 0 spiro atoms. The lowest BCUT2D eigenvalue weighted by atomic mass is 9.97. The number of piperidine rings is 1. The number of hydrogen-bond donors (Lipinski definition) is 1. The van der Waals surface area contributed by atoms with Gasteiger partial charge in [-0.25, -0.2) is 0 Å². The first-order valence-corrected chi connectivity index (χ1v) is 8.10. The normalized spacial score (nSPS) is 22.1. The summed E-state index contributed by atoms with van der Waals surface area (Å²) in [4.78, 5) is 2.61. The summed E-state index contributed by atoms with van der Waals surface area (Å²) in [6.45, 7) is 9.30. The van der Waals surface area contributed by atoms with Crippen LogP contribution in [0.1, 0.15) is 50.8 Å². The van der Waals surface area contributed by atoms with Gasteiger partial charge in [0.1, 0.15) is 0 Å². The Labute approximate surface area is 124 Å². The fraction of sp³-hybridized carbons (Fsp3) is 0.667. The lowest BCUT2D eigenvalue weighted by Crippen LogP contribution is -2.45. The van der Waals surface area contributed by atoms with Crippen LogP contribution in [0.25, 0.3) is 0 Å². The summed E-state index contributed by atoms with van der Waals surface area (Å²) in [6.07, 6.45) is 3.80. The lowest BCUT2D eigenvalue weighted by molar-refractivity contribution is 0.149. The molecule has 1 aromatic carbocycles. The van der Waals surface area contributed by atoms with Gasteiger partial charge < -0.3 is 5.32 Å². The van der Waals surface area contributed by atoms with Crippen molar-refractivity contribution in [1.82, 2.24) is 10.2 Å². The molecule has 112 valence electrons. The number of likely N-dealkylation sites (N-methyl/N-ethyl adjacent to an activating group) is 1. The summed E-state index contributed by atoms with van der Waals surface area (Å²) in [5.74, 6) is 0.733. The van der Waals surface area contributed by atoms with Crippen molar-refractivity contribution in [3.05, 3.63) is 35.4 Å². The summed E-state index contributed by atoms with van der Waals surface area (Å²) in [5.41, 5.74) is 2.91. The van der Waals surface area contributed by atoms with Crippen LogP contribution in [-0.4, -0.2) is 31.1 Å². The summed E-state index contributed by atoms with van der Waals surface area (Å²) in [7, 11) is 2.08. The molecule has 0 radical (unpaired) electrons. The van der Waals surface area contributed by atoms with Gasteiger partial charge in [0.15, 0.2) is 0 Å². The molecule has 1 aromatic rings. The first kappa shape index (κ1) is 15.5. The molecular formula is C18H30N2. The van der Waals surface area contributed by atoms with Crippen LogP contribution < -0.4 is 5.32 Å². The van der Waals surface area contributed by atoms with E-state index >= 15 is 0 Å². The molecule has 1 aliphatic heterocycles. The Morgan fingerprint density at radius 2 is 1.90 bits per heavy atom. The van der Waals surface area contributed by atoms with Crippen LogP contribution in [0.5, 0.6) is 0 Å². The van der Waals surface area contributed by atoms with Crippen molar-refractivity contribution in [3.63, 3.8) is 0 Å². The van der Waals surface area contributed by atoms with Gasteiger partial charge in [-0.3, -0.25) is 4.90 Å². The SMILES string of the molecule is CNC1CCCN(C(C)c2ccc(CC(C)C)cc2)C1. The maximum absolute atomic E-state index is 3.43. The molecule has 1 aliphatic rings. The monoisotopic (exact) mass is 274 g/mol. The highest BCUT2D eigenvalue weighted by molar-refractivity contribution is 5.25. The maximum Gasteiger partial charge on any atom is 0.0320 e. The third-order valence-electron chi connectivity index (χ3n) is 4.51. The van der Waals surface area contributed by atoms with E-state index in [0.717, 1.165) is 5.92 Å². The quantitative estimate of drug-likeness (QED) is 0.882. The second-order valence-electron chi connectivity index (χ2n) is 6.64. The van der Waals surface area contributed by atoms with Crippen molar-refractivity contribution in [1.29, 1.82) is 0 Å². The van der Waals surface area contributed by atoms with Gasteiger partial charge in [-0.1, -0.05) is 38.1 Å². The van der Waals surface area contributed by atoms with E-state index in [1.807, 2.05) is 0 Å². The van der Waals surface area contributed by atoms with E-state index in [4.69, 9.17) is 0 Å². The highest BCUT2D eigenvalue weighted by Gasteiger charge is 2.23. The Hall–Kier alpha value is -0.860. The minimum absolute atomic E-state index is 0.527. The largest absolute Gasteiger partial charge is 0.316 e. The standard InChI is InChI=1S/C18H30N2/c1-14(2)12-16-7-9-17(10-8-16)15(3)20-11-5-6-18(13-20)19-4/h7-10,14-15,18-19H,5-6,11-13H2,1-4H3. The summed E-state index contributed by atoms with van der Waals surface area (Å²) in [6, 6.07) is 10.5. The lowest BCUT2D eigenvalue weighted by Gasteiger charge is -2.37. The minimum Gasteiger partial charge on any atom is -0.316 e. The molecule has 2 nitrogen and oxygen atoms in total. The van der Waals surface area contributed by atoms with Gasteiger partial charge in [-0.15, -0.1) is 0 Å². The van der Waals surface area contributed by atoms with E-state index < -0.39 is 0 Å². The van der Waals surface area contributed by atoms with Crippen LogP contribution in [0.3, 0.4) is 0 Å². The summed E-state index contributed by atoms with van der Waals surface area (Å²) < 4.78 is 0. The van der Waals surface area contributed by atoms with Gasteiger partial charge in [-0.2, -0.15) is 0 Å². The molecular weight excluding hydrogens is 244 g/mol. The van der Waals surface area contributed by atoms with E-state index in [1.165, 1.54) is 43.5 Å². The van der Waals surface area contributed by atoms with Crippen molar-refractivity contribution in [3.8, 4) is 0 Å². The smallest absolute Gasteiger partial charge is 0.0320 e. The highest BCUT2D eigenvalue weighted by Crippen LogP contribution is 2.24. The highest BCUT2D eigenvalue weighted by atomic mass is 15.2. The van der Waals surface area contributed by atoms with E-state index in [9.17, 15) is 0 Å². The number of benzene rings is 1. The molecule has 1 fully saturated rings. The van der Waals surface area contributed by atoms with Gasteiger partial charge in [-0.05, 0) is 56.8 Å². The molecule has 1 heterocycles. The van der Waals surface area contributed by atoms with Gasteiger partial charge >= 0.3 is 0 Å². The van der Waals surface area contributed by atoms with Gasteiger partial charge in [0.05, 0.1) is 0 Å². The molecule has 0 aliphatic carbocycles. The van der Waals surface area contributed by atoms with Crippen LogP contribution in [0.2, 0.25) is 0 Å². The van der Waals surface area contributed by atoms with Crippen molar-refractivity contribution >= 4 is 0 Å². The predicted molar refractivity (Wildman–Crippen MR) is 87.1 cm³/mol. The van der Waals surface area contributed by atoms with Gasteiger partial charge in [0, 0.05) is 18.6 Å². The zero-order valence-corrected chi connectivity index (χ0v) is 13.5. The zero-order valence-electron chi connectivity index (χ0n) is 13.5. The fourth-order valence-electron chi connectivity index (χ4n) is 3.21. The van der Waals surface area contributed by atoms with Crippen LogP contribution in [0.15, 0.2) is 24.3 Å². The topological polar surface area (TPSA) is 15.3 Å². The average Bonchev–Trinajstić information content (AvgIpc) is 2.47. The number of hydrogen-bond acceptors (Lipinski definition) is 2. The van der Waals surface area contributed by atoms with Crippen LogP contribution in [0.4, 0.5) is 0 Å². The molecule has 1 N–H and O–H groups in total. The van der Waals surface area contributed by atoms with Crippen molar-refractivity contribution in [2.75, 3.05) is 20.1 Å². The van der Waals surface area contributed by atoms with Crippen molar-refractivity contribution < 1.29 is 0 Å². The third-order valence-corrected chi connectivity index (χ3v) is 4.51. The second kappa shape index (κ2) is 7.24. The number of nitrogens with zero attached hydrogens (tertiary/aromatic N) is 1. The van der Waals surface area contributed by atoms with Crippen LogP contribution in [-0.2, 0) is 6.42 Å². The number of likely N-dealkylation sites (tertiary alicyclic amines) is 1. The molecule has 0 bridgehead atoms. The number of rotatable bonds is 5. The Morgan fingerprint density at radius 3 is 2.50 bits per heavy atom. The van der Waals surface area contributed by atoms with Crippen LogP contribution >= 0.6 is 0 Å². The minimum atomic E-state index is 0.527.